The predicted molar refractivity (Wildman–Crippen MR) is 90.5 cm³/mol. The van der Waals surface area contributed by atoms with E-state index in [-0.39, 0.29) is 0 Å². The van der Waals surface area contributed by atoms with Gasteiger partial charge in [0.2, 0.25) is 0 Å². The second kappa shape index (κ2) is 6.58. The molecule has 1 N–H and O–H groups in total. The second-order valence-corrected chi connectivity index (χ2v) is 8.66. The van der Waals surface area contributed by atoms with E-state index in [0.29, 0.717) is 11.5 Å². The number of rotatable bonds is 4. The molecule has 1 aliphatic heterocycles. The third-order valence-corrected chi connectivity index (χ3v) is 6.85. The lowest BCUT2D eigenvalue weighted by Crippen LogP contribution is -2.52. The lowest BCUT2D eigenvalue weighted by atomic mass is 9.67. The summed E-state index contributed by atoms with van der Waals surface area (Å²) in [6.45, 7) is 7.67. The molecule has 3 fully saturated rings. The van der Waals surface area contributed by atoms with Crippen molar-refractivity contribution in [3.05, 3.63) is 0 Å². The Morgan fingerprint density at radius 1 is 1.00 bits per heavy atom. The molecular formula is C19H36N2. The third kappa shape index (κ3) is 3.32. The number of likely N-dealkylation sites (tertiary alicyclic amines) is 1. The molecule has 2 heteroatoms. The van der Waals surface area contributed by atoms with Crippen LogP contribution in [0.2, 0.25) is 0 Å². The lowest BCUT2D eigenvalue weighted by molar-refractivity contribution is 0.0704. The predicted octanol–water partition coefficient (Wildman–Crippen LogP) is 4.06. The van der Waals surface area contributed by atoms with Gasteiger partial charge in [-0.2, -0.15) is 0 Å². The van der Waals surface area contributed by atoms with Gasteiger partial charge >= 0.3 is 0 Å². The highest BCUT2D eigenvalue weighted by Gasteiger charge is 2.41. The molecule has 2 saturated carbocycles. The molecule has 3 atom stereocenters. The Morgan fingerprint density at radius 3 is 2.48 bits per heavy atom. The van der Waals surface area contributed by atoms with Crippen LogP contribution in [0.5, 0.6) is 0 Å². The Balaban J connectivity index is 1.64. The zero-order chi connectivity index (χ0) is 14.9. The van der Waals surface area contributed by atoms with E-state index in [2.05, 4.69) is 31.1 Å². The molecule has 0 bridgehead atoms. The molecule has 2 aliphatic carbocycles. The Bertz CT molecular complexity index is 332. The largest absolute Gasteiger partial charge is 0.316 e. The molecule has 21 heavy (non-hydrogen) atoms. The van der Waals surface area contributed by atoms with E-state index < -0.39 is 0 Å². The van der Waals surface area contributed by atoms with Crippen LogP contribution in [0.4, 0.5) is 0 Å². The van der Waals surface area contributed by atoms with Gasteiger partial charge in [0.1, 0.15) is 0 Å². The molecule has 122 valence electrons. The van der Waals surface area contributed by atoms with Crippen molar-refractivity contribution in [2.75, 3.05) is 20.1 Å². The zero-order valence-corrected chi connectivity index (χ0v) is 14.5. The highest BCUT2D eigenvalue weighted by atomic mass is 15.2. The fourth-order valence-corrected chi connectivity index (χ4v) is 5.86. The topological polar surface area (TPSA) is 15.3 Å². The van der Waals surface area contributed by atoms with Gasteiger partial charge in [0.05, 0.1) is 0 Å². The number of hydrogen-bond acceptors (Lipinski definition) is 2. The summed E-state index contributed by atoms with van der Waals surface area (Å²) in [6, 6.07) is 1.63. The summed E-state index contributed by atoms with van der Waals surface area (Å²) in [4.78, 5) is 2.90. The average Bonchev–Trinajstić information content (AvgIpc) is 3.08. The first-order chi connectivity index (χ1) is 10.1. The molecule has 0 aromatic rings. The van der Waals surface area contributed by atoms with Crippen LogP contribution in [0, 0.1) is 17.3 Å². The highest BCUT2D eigenvalue weighted by molar-refractivity contribution is 4.96. The molecule has 0 amide bonds. The molecule has 0 spiro atoms. The Morgan fingerprint density at radius 2 is 1.76 bits per heavy atom. The van der Waals surface area contributed by atoms with E-state index in [1.54, 1.807) is 0 Å². The van der Waals surface area contributed by atoms with Crippen LogP contribution in [-0.4, -0.2) is 37.1 Å². The maximum Gasteiger partial charge on any atom is 0.0156 e. The van der Waals surface area contributed by atoms with Gasteiger partial charge in [-0.1, -0.05) is 33.1 Å². The molecule has 3 aliphatic rings. The molecule has 2 nitrogen and oxygen atoms in total. The standard InChI is InChI=1S/C19H36N2/c1-19(2)12-6-10-16(18(19)20-3)14-21-13-7-11-17(21)15-8-4-5-9-15/h15-18,20H,4-14H2,1-3H3. The summed E-state index contributed by atoms with van der Waals surface area (Å²) in [5, 5.41) is 3.68. The van der Waals surface area contributed by atoms with E-state index >= 15 is 0 Å². The van der Waals surface area contributed by atoms with Gasteiger partial charge in [-0.25, -0.2) is 0 Å². The average molecular weight is 293 g/mol. The monoisotopic (exact) mass is 292 g/mol. The summed E-state index contributed by atoms with van der Waals surface area (Å²) in [5.74, 6) is 1.89. The fourth-order valence-electron chi connectivity index (χ4n) is 5.86. The van der Waals surface area contributed by atoms with Crippen LogP contribution >= 0.6 is 0 Å². The van der Waals surface area contributed by atoms with Crippen LogP contribution in [0.3, 0.4) is 0 Å². The van der Waals surface area contributed by atoms with E-state index in [9.17, 15) is 0 Å². The third-order valence-electron chi connectivity index (χ3n) is 6.85. The summed E-state index contributed by atoms with van der Waals surface area (Å²) < 4.78 is 0. The van der Waals surface area contributed by atoms with Crippen molar-refractivity contribution in [2.24, 2.45) is 17.3 Å². The van der Waals surface area contributed by atoms with Crippen molar-refractivity contribution in [3.63, 3.8) is 0 Å². The van der Waals surface area contributed by atoms with E-state index in [1.807, 2.05) is 0 Å². The highest BCUT2D eigenvalue weighted by Crippen LogP contribution is 2.41. The first-order valence-corrected chi connectivity index (χ1v) is 9.53. The molecule has 3 unspecified atom stereocenters. The Hall–Kier alpha value is -0.0800. The van der Waals surface area contributed by atoms with Crippen LogP contribution in [-0.2, 0) is 0 Å². The van der Waals surface area contributed by atoms with Crippen molar-refractivity contribution in [1.82, 2.24) is 10.2 Å². The number of nitrogens with zero attached hydrogens (tertiary/aromatic N) is 1. The Kier molecular flexibility index (Phi) is 4.95. The molecule has 0 aromatic heterocycles. The fraction of sp³-hybridized carbons (Fsp3) is 1.00. The van der Waals surface area contributed by atoms with Crippen molar-refractivity contribution in [3.8, 4) is 0 Å². The summed E-state index contributed by atoms with van der Waals surface area (Å²) in [7, 11) is 2.18. The molecule has 1 saturated heterocycles. The van der Waals surface area contributed by atoms with Gasteiger partial charge < -0.3 is 5.32 Å². The van der Waals surface area contributed by atoms with Gasteiger partial charge in [0.25, 0.3) is 0 Å². The zero-order valence-electron chi connectivity index (χ0n) is 14.5. The molecule has 0 radical (unpaired) electrons. The Labute approximate surface area is 132 Å². The first kappa shape index (κ1) is 15.8. The van der Waals surface area contributed by atoms with E-state index in [1.165, 1.54) is 70.9 Å². The molecule has 3 rings (SSSR count). The van der Waals surface area contributed by atoms with Gasteiger partial charge in [0, 0.05) is 18.6 Å². The number of nitrogens with one attached hydrogen (secondary N) is 1. The summed E-state index contributed by atoms with van der Waals surface area (Å²) >= 11 is 0. The minimum absolute atomic E-state index is 0.472. The summed E-state index contributed by atoms with van der Waals surface area (Å²) in [5.41, 5.74) is 0.472. The van der Waals surface area contributed by atoms with Crippen LogP contribution < -0.4 is 5.32 Å². The minimum Gasteiger partial charge on any atom is -0.316 e. The van der Waals surface area contributed by atoms with Crippen molar-refractivity contribution < 1.29 is 0 Å². The van der Waals surface area contributed by atoms with Crippen molar-refractivity contribution >= 4 is 0 Å². The van der Waals surface area contributed by atoms with E-state index in [4.69, 9.17) is 0 Å². The smallest absolute Gasteiger partial charge is 0.0156 e. The van der Waals surface area contributed by atoms with Gasteiger partial charge in [0.15, 0.2) is 0 Å². The summed E-state index contributed by atoms with van der Waals surface area (Å²) in [6.07, 6.45) is 13.2. The first-order valence-electron chi connectivity index (χ1n) is 9.53. The maximum absolute atomic E-state index is 3.68. The lowest BCUT2D eigenvalue weighted by Gasteiger charge is -2.46. The van der Waals surface area contributed by atoms with Crippen LogP contribution in [0.25, 0.3) is 0 Å². The van der Waals surface area contributed by atoms with Crippen molar-refractivity contribution in [1.29, 1.82) is 0 Å². The van der Waals surface area contributed by atoms with Gasteiger partial charge in [-0.15, -0.1) is 0 Å². The minimum atomic E-state index is 0.472. The maximum atomic E-state index is 3.68. The SMILES string of the molecule is CNC1C(CN2CCCC2C2CCCC2)CCCC1(C)C. The molecular weight excluding hydrogens is 256 g/mol. The quantitative estimate of drug-likeness (QED) is 0.841. The number of hydrogen-bond donors (Lipinski definition) is 1. The normalized spacial score (nSPS) is 38.1. The van der Waals surface area contributed by atoms with Gasteiger partial charge in [-0.3, -0.25) is 4.90 Å². The van der Waals surface area contributed by atoms with Gasteiger partial charge in [-0.05, 0) is 69.4 Å². The van der Waals surface area contributed by atoms with Crippen LogP contribution in [0.1, 0.15) is 71.6 Å². The van der Waals surface area contributed by atoms with Crippen LogP contribution in [0.15, 0.2) is 0 Å². The molecule has 0 aromatic carbocycles. The van der Waals surface area contributed by atoms with Crippen molar-refractivity contribution in [2.45, 2.75) is 83.7 Å². The molecule has 1 heterocycles. The van der Waals surface area contributed by atoms with E-state index in [0.717, 1.165) is 17.9 Å². The second-order valence-electron chi connectivity index (χ2n) is 8.66.